The van der Waals surface area contributed by atoms with Crippen LogP contribution in [0.2, 0.25) is 0 Å². The summed E-state index contributed by atoms with van der Waals surface area (Å²) in [5.41, 5.74) is 11.3. The summed E-state index contributed by atoms with van der Waals surface area (Å²) in [5, 5.41) is 7.28. The Bertz CT molecular complexity index is 2540. The molecular formula is C48H34N6. The molecule has 2 aromatic heterocycles. The highest BCUT2D eigenvalue weighted by Gasteiger charge is 2.14. The second kappa shape index (κ2) is 15.4. The first kappa shape index (κ1) is 33.7. The van der Waals surface area contributed by atoms with Crippen molar-refractivity contribution in [1.82, 2.24) is 24.9 Å². The highest BCUT2D eigenvalue weighted by molar-refractivity contribution is 5.80. The van der Waals surface area contributed by atoms with Crippen molar-refractivity contribution in [3.63, 3.8) is 0 Å². The van der Waals surface area contributed by atoms with Gasteiger partial charge >= 0.3 is 0 Å². The van der Waals surface area contributed by atoms with E-state index in [1.807, 2.05) is 109 Å². The third kappa shape index (κ3) is 7.45. The largest absolute Gasteiger partial charge is 0.309 e. The van der Waals surface area contributed by atoms with E-state index >= 15 is 0 Å². The predicted octanol–water partition coefficient (Wildman–Crippen LogP) is 11.5. The summed E-state index contributed by atoms with van der Waals surface area (Å²) in [6, 6.07) is 57.1. The van der Waals surface area contributed by atoms with Gasteiger partial charge in [0.2, 0.25) is 0 Å². The van der Waals surface area contributed by atoms with Crippen LogP contribution in [0.15, 0.2) is 189 Å². The normalized spacial score (nSPS) is 11.0. The maximum atomic E-state index is 7.28. The van der Waals surface area contributed by atoms with Crippen LogP contribution in [0.3, 0.4) is 0 Å². The molecule has 0 atom stereocenters. The number of nitrogens with zero attached hydrogens (tertiary/aromatic N) is 5. The highest BCUT2D eigenvalue weighted by atomic mass is 15.0. The van der Waals surface area contributed by atoms with Gasteiger partial charge in [-0.2, -0.15) is 0 Å². The summed E-state index contributed by atoms with van der Waals surface area (Å²) in [6.07, 6.45) is 4.73. The Balaban J connectivity index is 1.14. The molecule has 256 valence electrons. The zero-order chi connectivity index (χ0) is 36.7. The van der Waals surface area contributed by atoms with Crippen molar-refractivity contribution in [3.05, 3.63) is 194 Å². The summed E-state index contributed by atoms with van der Waals surface area (Å²) < 4.78 is 0. The van der Waals surface area contributed by atoms with Gasteiger partial charge in [-0.15, -0.1) is 0 Å². The molecule has 0 aliphatic carbocycles. The maximum Gasteiger partial charge on any atom is 0.164 e. The molecule has 8 rings (SSSR count). The average Bonchev–Trinajstić information content (AvgIpc) is 3.26. The van der Waals surface area contributed by atoms with Gasteiger partial charge in [-0.05, 0) is 40.5 Å². The lowest BCUT2D eigenvalue weighted by molar-refractivity contribution is 1.07. The molecule has 0 fully saturated rings. The standard InChI is InChI=1S/C48H34N6/c1-33(13-12-30-49)34-22-26-39(27-23-34)45-50-43(36-14-5-2-6-15-36)32-44(51-45)42-21-11-20-41(31-42)35-24-28-40(29-25-35)48-53-46(37-16-7-3-8-17-37)52-47(54-48)38-18-9-4-10-19-38/h2-32,49H,1H2/b13-12-,49-30?. The number of nitrogens with one attached hydrogen (secondary N) is 1. The van der Waals surface area contributed by atoms with E-state index in [0.717, 1.165) is 67.0 Å². The smallest absolute Gasteiger partial charge is 0.164 e. The quantitative estimate of drug-likeness (QED) is 0.114. The van der Waals surface area contributed by atoms with Crippen LogP contribution in [-0.2, 0) is 0 Å². The monoisotopic (exact) mass is 694 g/mol. The predicted molar refractivity (Wildman–Crippen MR) is 220 cm³/mol. The molecule has 2 heterocycles. The fourth-order valence-corrected chi connectivity index (χ4v) is 6.18. The molecule has 6 aromatic carbocycles. The van der Waals surface area contributed by atoms with Gasteiger partial charge in [-0.1, -0.05) is 170 Å². The Kier molecular flexibility index (Phi) is 9.63. The minimum Gasteiger partial charge on any atom is -0.309 e. The van der Waals surface area contributed by atoms with E-state index in [4.69, 9.17) is 30.3 Å². The molecule has 54 heavy (non-hydrogen) atoms. The maximum absolute atomic E-state index is 7.28. The van der Waals surface area contributed by atoms with Crippen LogP contribution < -0.4 is 0 Å². The van der Waals surface area contributed by atoms with Crippen molar-refractivity contribution in [2.75, 3.05) is 0 Å². The topological polar surface area (TPSA) is 88.3 Å². The van der Waals surface area contributed by atoms with E-state index in [0.29, 0.717) is 23.3 Å². The van der Waals surface area contributed by atoms with E-state index < -0.39 is 0 Å². The average molecular weight is 695 g/mol. The molecule has 0 radical (unpaired) electrons. The van der Waals surface area contributed by atoms with Gasteiger partial charge in [0.1, 0.15) is 0 Å². The third-order valence-electron chi connectivity index (χ3n) is 9.04. The molecular weight excluding hydrogens is 661 g/mol. The molecule has 0 aliphatic heterocycles. The summed E-state index contributed by atoms with van der Waals surface area (Å²) in [7, 11) is 0. The lowest BCUT2D eigenvalue weighted by Gasteiger charge is -2.11. The van der Waals surface area contributed by atoms with Crippen LogP contribution in [0.5, 0.6) is 0 Å². The molecule has 0 spiro atoms. The van der Waals surface area contributed by atoms with Crippen molar-refractivity contribution in [1.29, 1.82) is 5.41 Å². The van der Waals surface area contributed by atoms with Gasteiger partial charge < -0.3 is 5.41 Å². The van der Waals surface area contributed by atoms with Gasteiger partial charge in [0.15, 0.2) is 23.3 Å². The minimum absolute atomic E-state index is 0.616. The number of allylic oxidation sites excluding steroid dienone is 3. The molecule has 0 unspecified atom stereocenters. The number of rotatable bonds is 10. The molecule has 0 saturated heterocycles. The second-order valence-electron chi connectivity index (χ2n) is 12.7. The third-order valence-corrected chi connectivity index (χ3v) is 9.04. The van der Waals surface area contributed by atoms with Gasteiger partial charge in [-0.25, -0.2) is 24.9 Å². The van der Waals surface area contributed by atoms with Gasteiger partial charge in [0.25, 0.3) is 0 Å². The van der Waals surface area contributed by atoms with Crippen molar-refractivity contribution >= 4 is 11.8 Å². The number of hydrogen-bond acceptors (Lipinski definition) is 6. The molecule has 6 nitrogen and oxygen atoms in total. The minimum atomic E-state index is 0.616. The molecule has 0 bridgehead atoms. The van der Waals surface area contributed by atoms with Gasteiger partial charge in [-0.3, -0.25) is 0 Å². The van der Waals surface area contributed by atoms with Crippen molar-refractivity contribution in [2.45, 2.75) is 0 Å². The zero-order valence-electron chi connectivity index (χ0n) is 29.3. The Morgan fingerprint density at radius 1 is 0.389 bits per heavy atom. The lowest BCUT2D eigenvalue weighted by Crippen LogP contribution is -2.00. The fourth-order valence-electron chi connectivity index (χ4n) is 6.18. The first-order valence-corrected chi connectivity index (χ1v) is 17.6. The molecule has 0 aliphatic rings. The van der Waals surface area contributed by atoms with E-state index in [1.54, 1.807) is 6.08 Å². The van der Waals surface area contributed by atoms with Crippen LogP contribution in [0.4, 0.5) is 0 Å². The van der Waals surface area contributed by atoms with Crippen LogP contribution in [0.1, 0.15) is 5.56 Å². The Morgan fingerprint density at radius 3 is 1.33 bits per heavy atom. The van der Waals surface area contributed by atoms with Crippen molar-refractivity contribution in [3.8, 4) is 79.2 Å². The molecule has 0 saturated carbocycles. The zero-order valence-corrected chi connectivity index (χ0v) is 29.3. The van der Waals surface area contributed by atoms with Gasteiger partial charge in [0, 0.05) is 39.6 Å². The highest BCUT2D eigenvalue weighted by Crippen LogP contribution is 2.32. The summed E-state index contributed by atoms with van der Waals surface area (Å²) >= 11 is 0. The first-order valence-electron chi connectivity index (χ1n) is 17.6. The number of hydrogen-bond donors (Lipinski definition) is 1. The fraction of sp³-hybridized carbons (Fsp3) is 0. The van der Waals surface area contributed by atoms with E-state index in [9.17, 15) is 0 Å². The molecule has 8 aromatic rings. The second-order valence-corrected chi connectivity index (χ2v) is 12.7. The Hall–Kier alpha value is -7.44. The SMILES string of the molecule is C=C(/C=C\C=N)c1ccc(-c2nc(-c3ccccc3)cc(-c3cccc(-c4ccc(-c5nc(-c6ccccc6)nc(-c6ccccc6)n5)cc4)c3)n2)cc1. The molecule has 1 N–H and O–H groups in total. The van der Waals surface area contributed by atoms with Gasteiger partial charge in [0.05, 0.1) is 11.4 Å². The lowest BCUT2D eigenvalue weighted by atomic mass is 9.99. The van der Waals surface area contributed by atoms with Crippen molar-refractivity contribution < 1.29 is 0 Å². The first-order chi connectivity index (χ1) is 26.6. The molecule has 0 amide bonds. The van der Waals surface area contributed by atoms with Crippen LogP contribution in [0.25, 0.3) is 84.8 Å². The Labute approximate surface area is 314 Å². The van der Waals surface area contributed by atoms with E-state index in [-0.39, 0.29) is 0 Å². The van der Waals surface area contributed by atoms with Crippen LogP contribution >= 0.6 is 0 Å². The Morgan fingerprint density at radius 2 is 0.796 bits per heavy atom. The summed E-state index contributed by atoms with van der Waals surface area (Å²) in [4.78, 5) is 24.7. The number of benzene rings is 6. The number of aromatic nitrogens is 5. The van der Waals surface area contributed by atoms with Crippen LogP contribution in [-0.4, -0.2) is 31.1 Å². The van der Waals surface area contributed by atoms with E-state index in [2.05, 4.69) is 73.3 Å². The molecule has 6 heteroatoms. The van der Waals surface area contributed by atoms with Crippen molar-refractivity contribution in [2.24, 2.45) is 0 Å². The van der Waals surface area contributed by atoms with E-state index in [1.165, 1.54) is 6.21 Å². The summed E-state index contributed by atoms with van der Waals surface area (Å²) in [5.74, 6) is 2.52. The van der Waals surface area contributed by atoms with Crippen LogP contribution in [0, 0.1) is 5.41 Å². The summed E-state index contributed by atoms with van der Waals surface area (Å²) in [6.45, 7) is 4.13.